The van der Waals surface area contributed by atoms with Crippen molar-refractivity contribution in [2.75, 3.05) is 11.1 Å². The lowest BCUT2D eigenvalue weighted by molar-refractivity contribution is 0.583. The van der Waals surface area contributed by atoms with Crippen molar-refractivity contribution in [1.82, 2.24) is 9.97 Å². The van der Waals surface area contributed by atoms with Gasteiger partial charge in [0.2, 0.25) is 5.95 Å². The van der Waals surface area contributed by atoms with Crippen LogP contribution in [0.25, 0.3) is 0 Å². The molecule has 0 aliphatic heterocycles. The summed E-state index contributed by atoms with van der Waals surface area (Å²) in [5.74, 6) is 1.30. The predicted molar refractivity (Wildman–Crippen MR) is 86.9 cm³/mol. The molecule has 0 bridgehead atoms. The highest BCUT2D eigenvalue weighted by Crippen LogP contribution is 2.19. The number of aryl methyl sites for hydroxylation is 1. The second-order valence-electron chi connectivity index (χ2n) is 5.48. The molecule has 0 aromatic carbocycles. The van der Waals surface area contributed by atoms with Crippen molar-refractivity contribution in [3.05, 3.63) is 11.8 Å². The number of anilines is 2. The van der Waals surface area contributed by atoms with Crippen molar-refractivity contribution in [2.24, 2.45) is 0 Å². The van der Waals surface area contributed by atoms with Crippen molar-refractivity contribution < 1.29 is 0 Å². The molecule has 114 valence electrons. The van der Waals surface area contributed by atoms with Gasteiger partial charge in [-0.1, -0.05) is 46.5 Å². The number of hydrogen-bond acceptors (Lipinski definition) is 4. The normalized spacial score (nSPS) is 11.0. The van der Waals surface area contributed by atoms with Gasteiger partial charge in [-0.05, 0) is 25.7 Å². The first-order valence-corrected chi connectivity index (χ1v) is 8.09. The van der Waals surface area contributed by atoms with E-state index in [0.29, 0.717) is 12.0 Å². The van der Waals surface area contributed by atoms with Crippen LogP contribution in [0.4, 0.5) is 11.8 Å². The van der Waals surface area contributed by atoms with Crippen molar-refractivity contribution in [3.8, 4) is 0 Å². The van der Waals surface area contributed by atoms with E-state index in [1.54, 1.807) is 0 Å². The summed E-state index contributed by atoms with van der Waals surface area (Å²) in [7, 11) is 0. The molecule has 0 spiro atoms. The summed E-state index contributed by atoms with van der Waals surface area (Å²) >= 11 is 0. The van der Waals surface area contributed by atoms with E-state index in [0.717, 1.165) is 12.2 Å². The van der Waals surface area contributed by atoms with E-state index in [-0.39, 0.29) is 0 Å². The summed E-state index contributed by atoms with van der Waals surface area (Å²) < 4.78 is 0. The fraction of sp³-hybridized carbons (Fsp3) is 0.750. The van der Waals surface area contributed by atoms with E-state index in [4.69, 9.17) is 5.73 Å². The van der Waals surface area contributed by atoms with Gasteiger partial charge in [-0.25, -0.2) is 4.98 Å². The molecule has 0 saturated carbocycles. The number of hydrogen-bond donors (Lipinski definition) is 2. The molecule has 0 atom stereocenters. The molecule has 0 radical (unpaired) electrons. The number of rotatable bonds is 10. The highest BCUT2D eigenvalue weighted by Gasteiger charge is 2.11. The third kappa shape index (κ3) is 5.76. The largest absolute Gasteiger partial charge is 0.368 e. The molecule has 4 nitrogen and oxygen atoms in total. The molecule has 4 heteroatoms. The van der Waals surface area contributed by atoms with E-state index in [2.05, 4.69) is 36.1 Å². The zero-order valence-electron chi connectivity index (χ0n) is 13.3. The Morgan fingerprint density at radius 3 is 2.40 bits per heavy atom. The smallest absolute Gasteiger partial charge is 0.221 e. The number of nitrogens with zero attached hydrogens (tertiary/aromatic N) is 2. The number of nitrogens with two attached hydrogens (primary N) is 1. The van der Waals surface area contributed by atoms with Crippen LogP contribution < -0.4 is 11.1 Å². The molecule has 1 aromatic heterocycles. The summed E-state index contributed by atoms with van der Waals surface area (Å²) in [5, 5.41) is 3.59. The Balaban J connectivity index is 2.75. The van der Waals surface area contributed by atoms with Gasteiger partial charge >= 0.3 is 0 Å². The third-order valence-electron chi connectivity index (χ3n) is 3.55. The molecular formula is C16H30N4. The Labute approximate surface area is 123 Å². The number of unbranched alkanes of at least 4 members (excludes halogenated alkanes) is 2. The molecule has 0 saturated heterocycles. The van der Waals surface area contributed by atoms with Gasteiger partial charge in [0.25, 0.3) is 0 Å². The maximum atomic E-state index is 5.74. The van der Waals surface area contributed by atoms with Gasteiger partial charge in [0.05, 0.1) is 0 Å². The molecule has 3 N–H and O–H groups in total. The first kappa shape index (κ1) is 16.7. The van der Waals surface area contributed by atoms with Crippen LogP contribution in [-0.4, -0.2) is 16.0 Å². The molecule has 1 rings (SSSR count). The summed E-state index contributed by atoms with van der Waals surface area (Å²) in [6.07, 6.45) is 11.3. The summed E-state index contributed by atoms with van der Waals surface area (Å²) in [5.41, 5.74) is 6.94. The maximum absolute atomic E-state index is 5.74. The second kappa shape index (κ2) is 9.56. The van der Waals surface area contributed by atoms with Crippen LogP contribution >= 0.6 is 0 Å². The Hall–Kier alpha value is -1.32. The Kier molecular flexibility index (Phi) is 8.00. The summed E-state index contributed by atoms with van der Waals surface area (Å²) in [4.78, 5) is 8.56. The van der Waals surface area contributed by atoms with E-state index < -0.39 is 0 Å². The van der Waals surface area contributed by atoms with Crippen molar-refractivity contribution in [3.63, 3.8) is 0 Å². The minimum absolute atomic E-state index is 0.360. The van der Waals surface area contributed by atoms with Crippen molar-refractivity contribution in [1.29, 1.82) is 0 Å². The SMILES string of the molecule is CCCCCc1cnc(N)nc1NC(CCC)CCC. The topological polar surface area (TPSA) is 63.8 Å². The summed E-state index contributed by atoms with van der Waals surface area (Å²) in [6, 6.07) is 0.490. The maximum Gasteiger partial charge on any atom is 0.221 e. The molecule has 0 aliphatic rings. The molecule has 0 amide bonds. The van der Waals surface area contributed by atoms with Crippen LogP contribution in [0.3, 0.4) is 0 Å². The lowest BCUT2D eigenvalue weighted by Gasteiger charge is -2.20. The van der Waals surface area contributed by atoms with Crippen LogP contribution in [0.5, 0.6) is 0 Å². The molecule has 1 aromatic rings. The fourth-order valence-corrected chi connectivity index (χ4v) is 2.47. The van der Waals surface area contributed by atoms with Crippen LogP contribution in [-0.2, 0) is 6.42 Å². The number of nitrogens with one attached hydrogen (secondary N) is 1. The molecule has 20 heavy (non-hydrogen) atoms. The molecule has 1 heterocycles. The van der Waals surface area contributed by atoms with Gasteiger partial charge in [0.15, 0.2) is 0 Å². The van der Waals surface area contributed by atoms with Gasteiger partial charge in [0, 0.05) is 17.8 Å². The van der Waals surface area contributed by atoms with Gasteiger partial charge in [-0.15, -0.1) is 0 Å². The van der Waals surface area contributed by atoms with Crippen LogP contribution in [0.1, 0.15) is 71.3 Å². The van der Waals surface area contributed by atoms with E-state index in [1.165, 1.54) is 50.5 Å². The molecule has 0 aliphatic carbocycles. The van der Waals surface area contributed by atoms with E-state index in [1.807, 2.05) is 6.20 Å². The average molecular weight is 278 g/mol. The van der Waals surface area contributed by atoms with Gasteiger partial charge in [0.1, 0.15) is 5.82 Å². The minimum atomic E-state index is 0.360. The third-order valence-corrected chi connectivity index (χ3v) is 3.55. The standard InChI is InChI=1S/C16H30N4/c1-4-7-8-11-13-12-18-16(17)20-15(13)19-14(9-5-2)10-6-3/h12,14H,4-11H2,1-3H3,(H3,17,18,19,20). The average Bonchev–Trinajstić information content (AvgIpc) is 2.42. The summed E-state index contributed by atoms with van der Waals surface area (Å²) in [6.45, 7) is 6.67. The molecular weight excluding hydrogens is 248 g/mol. The first-order chi connectivity index (χ1) is 9.71. The molecule has 0 unspecified atom stereocenters. The van der Waals surface area contributed by atoms with Gasteiger partial charge in [-0.2, -0.15) is 4.98 Å². The highest BCUT2D eigenvalue weighted by atomic mass is 15.1. The zero-order chi connectivity index (χ0) is 14.8. The van der Waals surface area contributed by atoms with Crippen LogP contribution in [0.2, 0.25) is 0 Å². The number of nitrogen functional groups attached to an aromatic ring is 1. The van der Waals surface area contributed by atoms with Gasteiger partial charge in [-0.3, -0.25) is 0 Å². The highest BCUT2D eigenvalue weighted by molar-refractivity contribution is 5.46. The fourth-order valence-electron chi connectivity index (χ4n) is 2.47. The minimum Gasteiger partial charge on any atom is -0.368 e. The Bertz CT molecular complexity index is 373. The first-order valence-electron chi connectivity index (χ1n) is 8.09. The Morgan fingerprint density at radius 1 is 1.10 bits per heavy atom. The van der Waals surface area contributed by atoms with E-state index in [9.17, 15) is 0 Å². The lowest BCUT2D eigenvalue weighted by Crippen LogP contribution is -2.21. The van der Waals surface area contributed by atoms with Crippen LogP contribution in [0.15, 0.2) is 6.20 Å². The Morgan fingerprint density at radius 2 is 1.80 bits per heavy atom. The van der Waals surface area contributed by atoms with Crippen LogP contribution in [0, 0.1) is 0 Å². The second-order valence-corrected chi connectivity index (χ2v) is 5.48. The predicted octanol–water partition coefficient (Wildman–Crippen LogP) is 4.17. The van der Waals surface area contributed by atoms with E-state index >= 15 is 0 Å². The monoisotopic (exact) mass is 278 g/mol. The quantitative estimate of drug-likeness (QED) is 0.630. The lowest BCUT2D eigenvalue weighted by atomic mass is 10.1. The van der Waals surface area contributed by atoms with Crippen molar-refractivity contribution >= 4 is 11.8 Å². The van der Waals surface area contributed by atoms with Gasteiger partial charge < -0.3 is 11.1 Å². The zero-order valence-corrected chi connectivity index (χ0v) is 13.3. The van der Waals surface area contributed by atoms with Crippen molar-refractivity contribution in [2.45, 2.75) is 78.2 Å². The molecule has 0 fully saturated rings. The number of aromatic nitrogens is 2.